The van der Waals surface area contributed by atoms with E-state index >= 15 is 0 Å². The molecule has 0 atom stereocenters. The average molecular weight is 293 g/mol. The number of carbonyl (C=O) groups is 1. The molecule has 3 heterocycles. The summed E-state index contributed by atoms with van der Waals surface area (Å²) in [5.41, 5.74) is 0. The monoisotopic (exact) mass is 293 g/mol. The van der Waals surface area contributed by atoms with Gasteiger partial charge in [-0.25, -0.2) is 0 Å². The van der Waals surface area contributed by atoms with Crippen LogP contribution in [-0.4, -0.2) is 86.2 Å². The molecule has 0 N–H and O–H groups in total. The van der Waals surface area contributed by atoms with Crippen LogP contribution >= 0.6 is 0 Å². The van der Waals surface area contributed by atoms with Crippen LogP contribution in [0.2, 0.25) is 0 Å². The number of furan rings is 1. The van der Waals surface area contributed by atoms with Crippen molar-refractivity contribution >= 4 is 5.91 Å². The minimum absolute atomic E-state index is 0.00725. The van der Waals surface area contributed by atoms with Crippen molar-refractivity contribution in [2.75, 3.05) is 65.6 Å². The molecule has 116 valence electrons. The zero-order valence-electron chi connectivity index (χ0n) is 12.4. The molecule has 2 aliphatic rings. The summed E-state index contributed by atoms with van der Waals surface area (Å²) in [6.45, 7) is 9.39. The Labute approximate surface area is 125 Å². The highest BCUT2D eigenvalue weighted by molar-refractivity contribution is 5.91. The first kappa shape index (κ1) is 14.6. The Kier molecular flexibility index (Phi) is 4.90. The third kappa shape index (κ3) is 3.84. The van der Waals surface area contributed by atoms with Gasteiger partial charge in [-0.15, -0.1) is 0 Å². The molecule has 3 rings (SSSR count). The fourth-order valence-corrected chi connectivity index (χ4v) is 2.84. The van der Waals surface area contributed by atoms with E-state index in [1.54, 1.807) is 18.4 Å². The summed E-state index contributed by atoms with van der Waals surface area (Å²) in [4.78, 5) is 18.9. The third-order valence-electron chi connectivity index (χ3n) is 4.23. The number of amides is 1. The van der Waals surface area contributed by atoms with E-state index in [0.29, 0.717) is 5.76 Å². The maximum atomic E-state index is 12.2. The standard InChI is InChI=1S/C15H23N3O3/c19-15(14-2-1-11-21-14)18-7-5-16(6-8-18)3-4-17-9-12-20-13-10-17/h1-2,11H,3-10,12-13H2. The highest BCUT2D eigenvalue weighted by Crippen LogP contribution is 2.09. The molecule has 0 unspecified atom stereocenters. The first-order valence-electron chi connectivity index (χ1n) is 7.68. The quantitative estimate of drug-likeness (QED) is 0.803. The molecular formula is C15H23N3O3. The fraction of sp³-hybridized carbons (Fsp3) is 0.667. The van der Waals surface area contributed by atoms with Gasteiger partial charge < -0.3 is 14.1 Å². The van der Waals surface area contributed by atoms with Crippen molar-refractivity contribution in [1.82, 2.24) is 14.7 Å². The van der Waals surface area contributed by atoms with E-state index < -0.39 is 0 Å². The van der Waals surface area contributed by atoms with Crippen molar-refractivity contribution in [3.8, 4) is 0 Å². The van der Waals surface area contributed by atoms with Crippen molar-refractivity contribution in [3.63, 3.8) is 0 Å². The lowest BCUT2D eigenvalue weighted by molar-refractivity contribution is 0.0290. The van der Waals surface area contributed by atoms with Crippen LogP contribution < -0.4 is 0 Å². The van der Waals surface area contributed by atoms with Gasteiger partial charge in [0.05, 0.1) is 19.5 Å². The minimum atomic E-state index is 0.00725. The lowest BCUT2D eigenvalue weighted by Crippen LogP contribution is -2.50. The van der Waals surface area contributed by atoms with E-state index in [1.807, 2.05) is 4.90 Å². The number of rotatable bonds is 4. The predicted octanol–water partition coefficient (Wildman–Crippen LogP) is 0.370. The average Bonchev–Trinajstić information content (AvgIpc) is 3.08. The third-order valence-corrected chi connectivity index (χ3v) is 4.23. The molecule has 0 spiro atoms. The zero-order chi connectivity index (χ0) is 14.5. The van der Waals surface area contributed by atoms with Crippen molar-refractivity contribution in [2.45, 2.75) is 0 Å². The molecule has 6 nitrogen and oxygen atoms in total. The van der Waals surface area contributed by atoms with Gasteiger partial charge in [0.15, 0.2) is 5.76 Å². The summed E-state index contributed by atoms with van der Waals surface area (Å²) in [5.74, 6) is 0.449. The molecule has 0 radical (unpaired) electrons. The molecule has 0 aromatic carbocycles. The van der Waals surface area contributed by atoms with Crippen LogP contribution in [0.15, 0.2) is 22.8 Å². The number of carbonyl (C=O) groups excluding carboxylic acids is 1. The molecule has 6 heteroatoms. The van der Waals surface area contributed by atoms with Crippen molar-refractivity contribution in [2.24, 2.45) is 0 Å². The zero-order valence-corrected chi connectivity index (χ0v) is 12.4. The predicted molar refractivity (Wildman–Crippen MR) is 78.3 cm³/mol. The Morgan fingerprint density at radius 1 is 1.00 bits per heavy atom. The van der Waals surface area contributed by atoms with Gasteiger partial charge in [-0.3, -0.25) is 14.6 Å². The smallest absolute Gasteiger partial charge is 0.289 e. The van der Waals surface area contributed by atoms with Gasteiger partial charge in [0, 0.05) is 52.4 Å². The summed E-state index contributed by atoms with van der Waals surface area (Å²) in [6, 6.07) is 3.49. The SMILES string of the molecule is O=C(c1ccco1)N1CCN(CCN2CCOCC2)CC1. The molecular weight excluding hydrogens is 270 g/mol. The minimum Gasteiger partial charge on any atom is -0.459 e. The Morgan fingerprint density at radius 2 is 1.67 bits per heavy atom. The van der Waals surface area contributed by atoms with Crippen molar-refractivity contribution in [3.05, 3.63) is 24.2 Å². The Balaban J connectivity index is 1.39. The highest BCUT2D eigenvalue weighted by atomic mass is 16.5. The van der Waals surface area contributed by atoms with E-state index in [2.05, 4.69) is 9.80 Å². The summed E-state index contributed by atoms with van der Waals surface area (Å²) in [7, 11) is 0. The molecule has 2 aliphatic heterocycles. The number of piperazine rings is 1. The van der Waals surface area contributed by atoms with E-state index in [1.165, 1.54) is 0 Å². The first-order chi connectivity index (χ1) is 10.3. The van der Waals surface area contributed by atoms with E-state index in [4.69, 9.17) is 9.15 Å². The van der Waals surface area contributed by atoms with Crippen LogP contribution in [0.25, 0.3) is 0 Å². The van der Waals surface area contributed by atoms with Gasteiger partial charge in [-0.1, -0.05) is 0 Å². The normalized spacial score (nSPS) is 21.6. The lowest BCUT2D eigenvalue weighted by atomic mass is 10.2. The Bertz CT molecular complexity index is 435. The maximum Gasteiger partial charge on any atom is 0.289 e. The first-order valence-corrected chi connectivity index (χ1v) is 7.68. The van der Waals surface area contributed by atoms with Crippen LogP contribution in [0, 0.1) is 0 Å². The second kappa shape index (κ2) is 7.06. The van der Waals surface area contributed by atoms with Crippen LogP contribution in [0.1, 0.15) is 10.6 Å². The molecule has 2 saturated heterocycles. The van der Waals surface area contributed by atoms with Gasteiger partial charge in [-0.05, 0) is 12.1 Å². The Hall–Kier alpha value is -1.37. The van der Waals surface area contributed by atoms with Crippen LogP contribution in [-0.2, 0) is 4.74 Å². The second-order valence-electron chi connectivity index (χ2n) is 5.57. The summed E-state index contributed by atoms with van der Waals surface area (Å²) >= 11 is 0. The lowest BCUT2D eigenvalue weighted by Gasteiger charge is -2.36. The van der Waals surface area contributed by atoms with Gasteiger partial charge in [0.1, 0.15) is 0 Å². The fourth-order valence-electron chi connectivity index (χ4n) is 2.84. The number of nitrogens with zero attached hydrogens (tertiary/aromatic N) is 3. The molecule has 0 aliphatic carbocycles. The molecule has 0 bridgehead atoms. The van der Waals surface area contributed by atoms with E-state index in [0.717, 1.165) is 65.6 Å². The second-order valence-corrected chi connectivity index (χ2v) is 5.57. The van der Waals surface area contributed by atoms with Gasteiger partial charge in [0.2, 0.25) is 0 Å². The number of morpholine rings is 1. The molecule has 21 heavy (non-hydrogen) atoms. The summed E-state index contributed by atoms with van der Waals surface area (Å²) in [6.07, 6.45) is 1.55. The molecule has 1 amide bonds. The van der Waals surface area contributed by atoms with Crippen LogP contribution in [0.3, 0.4) is 0 Å². The molecule has 1 aromatic rings. The number of hydrogen-bond donors (Lipinski definition) is 0. The van der Waals surface area contributed by atoms with E-state index in [9.17, 15) is 4.79 Å². The van der Waals surface area contributed by atoms with Crippen LogP contribution in [0.4, 0.5) is 0 Å². The van der Waals surface area contributed by atoms with Crippen molar-refractivity contribution in [1.29, 1.82) is 0 Å². The summed E-state index contributed by atoms with van der Waals surface area (Å²) < 4.78 is 10.5. The largest absolute Gasteiger partial charge is 0.459 e. The van der Waals surface area contributed by atoms with E-state index in [-0.39, 0.29) is 5.91 Å². The van der Waals surface area contributed by atoms with Gasteiger partial charge in [-0.2, -0.15) is 0 Å². The summed E-state index contributed by atoms with van der Waals surface area (Å²) in [5, 5.41) is 0. The molecule has 0 saturated carbocycles. The Morgan fingerprint density at radius 3 is 2.29 bits per heavy atom. The van der Waals surface area contributed by atoms with Crippen LogP contribution in [0.5, 0.6) is 0 Å². The topological polar surface area (TPSA) is 49.2 Å². The maximum absolute atomic E-state index is 12.2. The highest BCUT2D eigenvalue weighted by Gasteiger charge is 2.23. The number of ether oxygens (including phenoxy) is 1. The van der Waals surface area contributed by atoms with Gasteiger partial charge in [0.25, 0.3) is 5.91 Å². The van der Waals surface area contributed by atoms with Crippen molar-refractivity contribution < 1.29 is 13.9 Å². The number of hydrogen-bond acceptors (Lipinski definition) is 5. The molecule has 2 fully saturated rings. The molecule has 1 aromatic heterocycles. The van der Waals surface area contributed by atoms with Gasteiger partial charge >= 0.3 is 0 Å².